The molecule has 2 aromatic carbocycles. The van der Waals surface area contributed by atoms with Gasteiger partial charge in [0, 0.05) is 30.3 Å². The summed E-state index contributed by atoms with van der Waals surface area (Å²) in [6, 6.07) is 18.0. The number of para-hydroxylation sites is 1. The molecule has 0 saturated carbocycles. The zero-order valence-corrected chi connectivity index (χ0v) is 17.2. The third-order valence-corrected chi connectivity index (χ3v) is 5.74. The first kappa shape index (κ1) is 21.0. The number of ether oxygens (including phenoxy) is 2. The third-order valence-electron chi connectivity index (χ3n) is 4.57. The summed E-state index contributed by atoms with van der Waals surface area (Å²) in [5, 5.41) is 17.4. The van der Waals surface area contributed by atoms with Gasteiger partial charge < -0.3 is 25.2 Å². The molecule has 152 valence electrons. The lowest BCUT2D eigenvalue weighted by Gasteiger charge is -2.18. The summed E-state index contributed by atoms with van der Waals surface area (Å²) in [7, 11) is 0. The molecule has 1 saturated heterocycles. The second kappa shape index (κ2) is 11.3. The summed E-state index contributed by atoms with van der Waals surface area (Å²) < 4.78 is 11.4. The number of benzene rings is 2. The highest BCUT2D eigenvalue weighted by molar-refractivity contribution is 8.00. The Hall–Kier alpha value is -1.73. The molecule has 6 heteroatoms. The third kappa shape index (κ3) is 7.36. The van der Waals surface area contributed by atoms with E-state index in [1.54, 1.807) is 0 Å². The van der Waals surface area contributed by atoms with E-state index in [1.807, 2.05) is 61.2 Å². The van der Waals surface area contributed by atoms with Crippen molar-refractivity contribution in [3.8, 4) is 11.5 Å². The molecule has 3 unspecified atom stereocenters. The van der Waals surface area contributed by atoms with Gasteiger partial charge in [-0.1, -0.05) is 30.3 Å². The van der Waals surface area contributed by atoms with Crippen LogP contribution in [0, 0.1) is 0 Å². The van der Waals surface area contributed by atoms with Crippen molar-refractivity contribution in [1.29, 1.82) is 0 Å². The van der Waals surface area contributed by atoms with E-state index in [2.05, 4.69) is 22.8 Å². The second-order valence-electron chi connectivity index (χ2n) is 7.13. The van der Waals surface area contributed by atoms with Crippen LogP contribution in [0.3, 0.4) is 0 Å². The van der Waals surface area contributed by atoms with Gasteiger partial charge in [-0.3, -0.25) is 0 Å². The largest absolute Gasteiger partial charge is 0.492 e. The van der Waals surface area contributed by atoms with Gasteiger partial charge >= 0.3 is 0 Å². The van der Waals surface area contributed by atoms with E-state index in [4.69, 9.17) is 9.47 Å². The number of nitrogens with one attached hydrogen (secondary N) is 2. The molecule has 28 heavy (non-hydrogen) atoms. The molecule has 0 aromatic heterocycles. The predicted molar refractivity (Wildman–Crippen MR) is 115 cm³/mol. The Bertz CT molecular complexity index is 678. The number of aliphatic hydroxyl groups is 1. The minimum absolute atomic E-state index is 0.131. The van der Waals surface area contributed by atoms with E-state index in [0.29, 0.717) is 18.4 Å². The van der Waals surface area contributed by atoms with E-state index in [-0.39, 0.29) is 12.6 Å². The Morgan fingerprint density at radius 3 is 2.50 bits per heavy atom. The highest BCUT2D eigenvalue weighted by Gasteiger charge is 2.15. The van der Waals surface area contributed by atoms with Gasteiger partial charge in [-0.05, 0) is 43.2 Å². The maximum Gasteiger partial charge on any atom is 0.119 e. The van der Waals surface area contributed by atoms with Gasteiger partial charge in [0.1, 0.15) is 30.8 Å². The first-order chi connectivity index (χ1) is 13.7. The SMILES string of the molecule is CC(COc1ccc(CC2CNCS2)cc1)NCC(O)COc1ccccc1. The van der Waals surface area contributed by atoms with E-state index in [0.717, 1.165) is 30.3 Å². The number of thioether (sulfide) groups is 1. The van der Waals surface area contributed by atoms with Crippen molar-refractivity contribution < 1.29 is 14.6 Å². The minimum Gasteiger partial charge on any atom is -0.492 e. The molecule has 1 heterocycles. The first-order valence-electron chi connectivity index (χ1n) is 9.82. The first-order valence-corrected chi connectivity index (χ1v) is 10.9. The lowest BCUT2D eigenvalue weighted by Crippen LogP contribution is -2.39. The van der Waals surface area contributed by atoms with Gasteiger partial charge in [-0.15, -0.1) is 11.8 Å². The molecule has 0 amide bonds. The Morgan fingerprint density at radius 1 is 1.07 bits per heavy atom. The normalized spacial score (nSPS) is 18.6. The standard InChI is InChI=1S/C22H30N2O3S/c1-17(24-12-19(25)15-27-20-5-3-2-4-6-20)14-26-21-9-7-18(8-10-21)11-22-13-23-16-28-22/h2-10,17,19,22-25H,11-16H2,1H3. The van der Waals surface area contributed by atoms with Gasteiger partial charge in [-0.2, -0.15) is 0 Å². The molecular weight excluding hydrogens is 372 g/mol. The van der Waals surface area contributed by atoms with E-state index < -0.39 is 6.10 Å². The molecular formula is C22H30N2O3S. The number of rotatable bonds is 11. The van der Waals surface area contributed by atoms with Gasteiger partial charge in [0.25, 0.3) is 0 Å². The van der Waals surface area contributed by atoms with Gasteiger partial charge in [0.05, 0.1) is 0 Å². The fraction of sp³-hybridized carbons (Fsp3) is 0.455. The molecule has 2 aromatic rings. The van der Waals surface area contributed by atoms with Crippen molar-refractivity contribution in [3.05, 3.63) is 60.2 Å². The number of hydrogen-bond donors (Lipinski definition) is 3. The summed E-state index contributed by atoms with van der Waals surface area (Å²) in [6.07, 6.45) is 0.531. The quantitative estimate of drug-likeness (QED) is 0.537. The summed E-state index contributed by atoms with van der Waals surface area (Å²) in [5.74, 6) is 2.70. The fourth-order valence-corrected chi connectivity index (χ4v) is 3.97. The topological polar surface area (TPSA) is 62.8 Å². The van der Waals surface area contributed by atoms with Crippen LogP contribution in [0.15, 0.2) is 54.6 Å². The van der Waals surface area contributed by atoms with Crippen LogP contribution in [0.4, 0.5) is 0 Å². The van der Waals surface area contributed by atoms with Crippen LogP contribution in [-0.4, -0.2) is 54.7 Å². The Kier molecular flexibility index (Phi) is 8.48. The number of aliphatic hydroxyl groups excluding tert-OH is 1. The molecule has 3 rings (SSSR count). The van der Waals surface area contributed by atoms with Gasteiger partial charge in [-0.25, -0.2) is 0 Å². The smallest absolute Gasteiger partial charge is 0.119 e. The highest BCUT2D eigenvalue weighted by Crippen LogP contribution is 2.21. The van der Waals surface area contributed by atoms with Crippen molar-refractivity contribution >= 4 is 11.8 Å². The van der Waals surface area contributed by atoms with Crippen molar-refractivity contribution in [3.63, 3.8) is 0 Å². The average molecular weight is 403 g/mol. The van der Waals surface area contributed by atoms with E-state index in [1.165, 1.54) is 5.56 Å². The molecule has 0 aliphatic carbocycles. The van der Waals surface area contributed by atoms with Crippen LogP contribution in [0.25, 0.3) is 0 Å². The van der Waals surface area contributed by atoms with Crippen molar-refractivity contribution in [1.82, 2.24) is 10.6 Å². The van der Waals surface area contributed by atoms with Crippen molar-refractivity contribution in [2.45, 2.75) is 30.7 Å². The Labute approximate surface area is 171 Å². The van der Waals surface area contributed by atoms with Gasteiger partial charge in [0.15, 0.2) is 0 Å². The molecule has 0 spiro atoms. The van der Waals surface area contributed by atoms with Crippen LogP contribution in [0.5, 0.6) is 11.5 Å². The Morgan fingerprint density at radius 2 is 1.79 bits per heavy atom. The summed E-state index contributed by atoms with van der Waals surface area (Å²) in [4.78, 5) is 0. The van der Waals surface area contributed by atoms with Crippen molar-refractivity contribution in [2.75, 3.05) is 32.2 Å². The summed E-state index contributed by atoms with van der Waals surface area (Å²) >= 11 is 1.99. The van der Waals surface area contributed by atoms with Gasteiger partial charge in [0.2, 0.25) is 0 Å². The lowest BCUT2D eigenvalue weighted by atomic mass is 10.1. The number of hydrogen-bond acceptors (Lipinski definition) is 6. The Balaban J connectivity index is 1.30. The fourth-order valence-electron chi connectivity index (χ4n) is 2.96. The molecule has 3 N–H and O–H groups in total. The molecule has 3 atom stereocenters. The summed E-state index contributed by atoms with van der Waals surface area (Å²) in [5.41, 5.74) is 1.35. The molecule has 5 nitrogen and oxygen atoms in total. The van der Waals surface area contributed by atoms with Crippen LogP contribution >= 0.6 is 11.8 Å². The van der Waals surface area contributed by atoms with Crippen molar-refractivity contribution in [2.24, 2.45) is 0 Å². The second-order valence-corrected chi connectivity index (χ2v) is 8.42. The molecule has 0 radical (unpaired) electrons. The minimum atomic E-state index is -0.565. The molecule has 1 aliphatic heterocycles. The van der Waals surface area contributed by atoms with E-state index >= 15 is 0 Å². The lowest BCUT2D eigenvalue weighted by molar-refractivity contribution is 0.102. The molecule has 1 aliphatic rings. The van der Waals surface area contributed by atoms with E-state index in [9.17, 15) is 5.11 Å². The van der Waals surface area contributed by atoms with Crippen LogP contribution in [-0.2, 0) is 6.42 Å². The zero-order valence-electron chi connectivity index (χ0n) is 16.3. The monoisotopic (exact) mass is 402 g/mol. The maximum atomic E-state index is 10.1. The van der Waals surface area contributed by atoms with Crippen LogP contribution in [0.2, 0.25) is 0 Å². The zero-order chi connectivity index (χ0) is 19.6. The average Bonchev–Trinajstić information content (AvgIpc) is 3.24. The molecule has 1 fully saturated rings. The van der Waals surface area contributed by atoms with Crippen LogP contribution < -0.4 is 20.1 Å². The predicted octanol–water partition coefficient (Wildman–Crippen LogP) is 2.69. The summed E-state index contributed by atoms with van der Waals surface area (Å²) in [6.45, 7) is 4.41. The van der Waals surface area contributed by atoms with Crippen LogP contribution in [0.1, 0.15) is 12.5 Å². The highest BCUT2D eigenvalue weighted by atomic mass is 32.2. The maximum absolute atomic E-state index is 10.1. The molecule has 0 bridgehead atoms.